The van der Waals surface area contributed by atoms with Crippen LogP contribution >= 0.6 is 11.3 Å². The average Bonchev–Trinajstić information content (AvgIpc) is 3.08. The second kappa shape index (κ2) is 5.46. The molecule has 2 aromatic rings. The zero-order valence-electron chi connectivity index (χ0n) is 11.1. The average molecular weight is 293 g/mol. The molecule has 3 N–H and O–H groups in total. The van der Waals surface area contributed by atoms with Gasteiger partial charge in [0.15, 0.2) is 5.69 Å². The highest BCUT2D eigenvalue weighted by molar-refractivity contribution is 7.13. The Hall–Kier alpha value is -2.15. The normalized spacial score (nSPS) is 13.7. The van der Waals surface area contributed by atoms with Crippen LogP contribution in [-0.4, -0.2) is 32.7 Å². The number of aliphatic carboxylic acids is 1. The van der Waals surface area contributed by atoms with E-state index in [2.05, 4.69) is 15.5 Å². The summed E-state index contributed by atoms with van der Waals surface area (Å²) in [7, 11) is 0. The van der Waals surface area contributed by atoms with Crippen LogP contribution in [0.1, 0.15) is 30.8 Å². The lowest BCUT2D eigenvalue weighted by Crippen LogP contribution is -2.51. The fourth-order valence-corrected chi connectivity index (χ4v) is 2.30. The summed E-state index contributed by atoms with van der Waals surface area (Å²) in [5.41, 5.74) is -0.382. The maximum absolute atomic E-state index is 12.1. The topological polar surface area (TPSA) is 95.1 Å². The molecule has 0 saturated heterocycles. The zero-order valence-corrected chi connectivity index (χ0v) is 12.0. The Labute approximate surface area is 119 Å². The van der Waals surface area contributed by atoms with E-state index in [0.29, 0.717) is 0 Å². The van der Waals surface area contributed by atoms with Gasteiger partial charge in [-0.15, -0.1) is 11.3 Å². The number of aromatic amines is 1. The maximum atomic E-state index is 12.1. The number of carboxylic acids is 1. The second-order valence-corrected chi connectivity index (χ2v) is 5.54. The molecule has 0 aromatic carbocycles. The van der Waals surface area contributed by atoms with Crippen LogP contribution in [0.4, 0.5) is 0 Å². The third kappa shape index (κ3) is 2.72. The van der Waals surface area contributed by atoms with Crippen LogP contribution in [0.3, 0.4) is 0 Å². The molecule has 6 nitrogen and oxygen atoms in total. The van der Waals surface area contributed by atoms with Crippen LogP contribution in [-0.2, 0) is 4.79 Å². The zero-order chi connectivity index (χ0) is 14.8. The number of thiophene rings is 1. The fraction of sp³-hybridized carbons (Fsp3) is 0.308. The molecule has 1 unspecified atom stereocenters. The van der Waals surface area contributed by atoms with Gasteiger partial charge in [-0.05, 0) is 30.9 Å². The van der Waals surface area contributed by atoms with E-state index in [9.17, 15) is 9.59 Å². The van der Waals surface area contributed by atoms with Crippen molar-refractivity contribution in [2.45, 2.75) is 25.8 Å². The molecular formula is C13H15N3O3S. The van der Waals surface area contributed by atoms with Crippen LogP contribution in [0.5, 0.6) is 0 Å². The number of hydrogen-bond acceptors (Lipinski definition) is 4. The molecule has 0 radical (unpaired) electrons. The molecule has 0 spiro atoms. The van der Waals surface area contributed by atoms with E-state index in [4.69, 9.17) is 5.11 Å². The molecule has 7 heteroatoms. The van der Waals surface area contributed by atoms with Gasteiger partial charge in [-0.25, -0.2) is 4.79 Å². The summed E-state index contributed by atoms with van der Waals surface area (Å²) in [6.07, 6.45) is 0.288. The Kier molecular flexibility index (Phi) is 3.89. The molecule has 106 valence electrons. The minimum Gasteiger partial charge on any atom is -0.480 e. The molecule has 1 amide bonds. The molecule has 0 fully saturated rings. The van der Waals surface area contributed by atoms with E-state index in [1.807, 2.05) is 17.5 Å². The number of H-pyrrole nitrogens is 1. The van der Waals surface area contributed by atoms with Crippen LogP contribution in [0, 0.1) is 0 Å². The summed E-state index contributed by atoms with van der Waals surface area (Å²) < 4.78 is 0. The molecule has 0 aliphatic carbocycles. The molecule has 2 heterocycles. The van der Waals surface area contributed by atoms with Gasteiger partial charge in [-0.1, -0.05) is 13.0 Å². The van der Waals surface area contributed by atoms with Crippen LogP contribution < -0.4 is 5.32 Å². The van der Waals surface area contributed by atoms with Crippen LogP contribution in [0.2, 0.25) is 0 Å². The van der Waals surface area contributed by atoms with Crippen molar-refractivity contribution in [1.29, 1.82) is 0 Å². The minimum atomic E-state index is -1.29. The minimum absolute atomic E-state index is 0.175. The monoisotopic (exact) mass is 293 g/mol. The Morgan fingerprint density at radius 2 is 2.30 bits per heavy atom. The first-order valence-corrected chi connectivity index (χ1v) is 6.99. The van der Waals surface area contributed by atoms with Crippen molar-refractivity contribution in [2.75, 3.05) is 0 Å². The third-order valence-electron chi connectivity index (χ3n) is 3.17. The molecule has 1 atom stereocenters. The molecule has 0 aliphatic heterocycles. The lowest BCUT2D eigenvalue weighted by molar-refractivity contribution is -0.143. The number of aromatic nitrogens is 2. The lowest BCUT2D eigenvalue weighted by atomic mass is 9.99. The number of hydrogen-bond donors (Lipinski definition) is 3. The van der Waals surface area contributed by atoms with E-state index >= 15 is 0 Å². The molecule has 0 saturated carbocycles. The van der Waals surface area contributed by atoms with Crippen molar-refractivity contribution in [3.8, 4) is 10.6 Å². The molecule has 2 rings (SSSR count). The summed E-state index contributed by atoms with van der Waals surface area (Å²) in [6, 6.07) is 5.42. The summed E-state index contributed by atoms with van der Waals surface area (Å²) in [5.74, 6) is -1.57. The van der Waals surface area contributed by atoms with Gasteiger partial charge < -0.3 is 10.4 Å². The Balaban J connectivity index is 2.16. The van der Waals surface area contributed by atoms with Crippen molar-refractivity contribution in [3.63, 3.8) is 0 Å². The number of rotatable bonds is 5. The van der Waals surface area contributed by atoms with Crippen LogP contribution in [0.15, 0.2) is 23.6 Å². The van der Waals surface area contributed by atoms with Crippen molar-refractivity contribution < 1.29 is 14.7 Å². The predicted molar refractivity (Wildman–Crippen MR) is 75.7 cm³/mol. The maximum Gasteiger partial charge on any atom is 0.329 e. The highest BCUT2D eigenvalue weighted by Crippen LogP contribution is 2.23. The van der Waals surface area contributed by atoms with Gasteiger partial charge in [0.05, 0.1) is 10.6 Å². The summed E-state index contributed by atoms with van der Waals surface area (Å²) in [5, 5.41) is 20.3. The van der Waals surface area contributed by atoms with Gasteiger partial charge in [-0.2, -0.15) is 5.10 Å². The van der Waals surface area contributed by atoms with E-state index < -0.39 is 17.4 Å². The molecule has 0 aliphatic rings. The van der Waals surface area contributed by atoms with Gasteiger partial charge >= 0.3 is 5.97 Å². The SMILES string of the molecule is CCC(C)(NC(=O)c1cc(-c2cccs2)[nH]n1)C(=O)O. The van der Waals surface area contributed by atoms with Gasteiger partial charge in [-0.3, -0.25) is 9.89 Å². The van der Waals surface area contributed by atoms with E-state index in [-0.39, 0.29) is 12.1 Å². The van der Waals surface area contributed by atoms with Crippen molar-refractivity contribution >= 4 is 23.2 Å². The van der Waals surface area contributed by atoms with Crippen molar-refractivity contribution in [3.05, 3.63) is 29.3 Å². The van der Waals surface area contributed by atoms with Gasteiger partial charge in [0.1, 0.15) is 5.54 Å². The number of amides is 1. The van der Waals surface area contributed by atoms with Gasteiger partial charge in [0.2, 0.25) is 0 Å². The second-order valence-electron chi connectivity index (χ2n) is 4.59. The highest BCUT2D eigenvalue weighted by atomic mass is 32.1. The number of nitrogens with one attached hydrogen (secondary N) is 2. The summed E-state index contributed by atoms with van der Waals surface area (Å²) >= 11 is 1.53. The summed E-state index contributed by atoms with van der Waals surface area (Å²) in [4.78, 5) is 24.2. The number of carboxylic acid groups (broad SMARTS) is 1. The number of nitrogens with zero attached hydrogens (tertiary/aromatic N) is 1. The largest absolute Gasteiger partial charge is 0.480 e. The first-order valence-electron chi connectivity index (χ1n) is 6.11. The van der Waals surface area contributed by atoms with Crippen molar-refractivity contribution in [1.82, 2.24) is 15.5 Å². The van der Waals surface area contributed by atoms with Gasteiger partial charge in [0.25, 0.3) is 5.91 Å². The predicted octanol–water partition coefficient (Wildman–Crippen LogP) is 2.12. The number of carbonyl (C=O) groups excluding carboxylic acids is 1. The molecular weight excluding hydrogens is 278 g/mol. The Morgan fingerprint density at radius 3 is 2.85 bits per heavy atom. The quantitative estimate of drug-likeness (QED) is 0.787. The van der Waals surface area contributed by atoms with Crippen LogP contribution in [0.25, 0.3) is 10.6 Å². The molecule has 2 aromatic heterocycles. The van der Waals surface area contributed by atoms with E-state index in [1.165, 1.54) is 18.3 Å². The van der Waals surface area contributed by atoms with Crippen molar-refractivity contribution in [2.24, 2.45) is 0 Å². The standard InChI is InChI=1S/C13H15N3O3S/c1-3-13(2,12(18)19)14-11(17)9-7-8(15-16-9)10-5-4-6-20-10/h4-7H,3H2,1-2H3,(H,14,17)(H,15,16)(H,18,19). The Bertz CT molecular complexity index is 621. The first kappa shape index (κ1) is 14.3. The molecule has 0 bridgehead atoms. The Morgan fingerprint density at radius 1 is 1.55 bits per heavy atom. The number of carbonyl (C=O) groups is 2. The third-order valence-corrected chi connectivity index (χ3v) is 4.07. The first-order chi connectivity index (χ1) is 9.46. The smallest absolute Gasteiger partial charge is 0.329 e. The summed E-state index contributed by atoms with van der Waals surface area (Å²) in [6.45, 7) is 3.18. The van der Waals surface area contributed by atoms with E-state index in [1.54, 1.807) is 13.0 Å². The van der Waals surface area contributed by atoms with E-state index in [0.717, 1.165) is 10.6 Å². The lowest BCUT2D eigenvalue weighted by Gasteiger charge is -2.23. The van der Waals surface area contributed by atoms with Gasteiger partial charge in [0, 0.05) is 0 Å². The molecule has 20 heavy (non-hydrogen) atoms. The highest BCUT2D eigenvalue weighted by Gasteiger charge is 2.33. The fourth-order valence-electron chi connectivity index (χ4n) is 1.60.